The normalized spacial score (nSPS) is 27.6. The molecule has 3 atom stereocenters. The molecule has 1 saturated carbocycles. The Morgan fingerprint density at radius 3 is 2.56 bits per heavy atom. The highest BCUT2D eigenvalue weighted by molar-refractivity contribution is 5.94. The molecule has 1 aliphatic heterocycles. The fourth-order valence-electron chi connectivity index (χ4n) is 5.32. The number of hydrogen-bond donors (Lipinski definition) is 3. The van der Waals surface area contributed by atoms with Gasteiger partial charge < -0.3 is 15.5 Å². The topological polar surface area (TPSA) is 98.6 Å². The van der Waals surface area contributed by atoms with Crippen molar-refractivity contribution in [3.8, 4) is 0 Å². The van der Waals surface area contributed by atoms with Gasteiger partial charge in [0.1, 0.15) is 6.33 Å². The van der Waals surface area contributed by atoms with Crippen molar-refractivity contribution in [2.45, 2.75) is 69.1 Å². The second-order valence-electron chi connectivity index (χ2n) is 9.33. The first-order chi connectivity index (χ1) is 15.5. The summed E-state index contributed by atoms with van der Waals surface area (Å²) in [7, 11) is 0. The number of nitrogens with zero attached hydrogens (tertiary/aromatic N) is 3. The third-order valence-electron chi connectivity index (χ3n) is 7.38. The number of benzene rings is 1. The number of hydrogen-bond acceptors (Lipinski definition) is 6. The van der Waals surface area contributed by atoms with E-state index in [1.807, 2.05) is 25.1 Å². The van der Waals surface area contributed by atoms with E-state index in [9.17, 15) is 15.0 Å². The molecule has 2 aliphatic rings. The van der Waals surface area contributed by atoms with Crippen LogP contribution in [-0.4, -0.2) is 68.9 Å². The van der Waals surface area contributed by atoms with Crippen LogP contribution < -0.4 is 5.32 Å². The van der Waals surface area contributed by atoms with Crippen molar-refractivity contribution in [1.82, 2.24) is 20.2 Å². The summed E-state index contributed by atoms with van der Waals surface area (Å²) in [5.74, 6) is -0.162. The van der Waals surface area contributed by atoms with Crippen LogP contribution in [0.1, 0.15) is 60.1 Å². The number of piperidine rings is 1. The zero-order chi connectivity index (χ0) is 22.6. The van der Waals surface area contributed by atoms with Crippen molar-refractivity contribution in [3.05, 3.63) is 59.7 Å². The molecule has 3 N–H and O–H groups in total. The Labute approximate surface area is 189 Å². The van der Waals surface area contributed by atoms with Crippen molar-refractivity contribution < 1.29 is 15.0 Å². The molecule has 0 radical (unpaired) electrons. The second-order valence-corrected chi connectivity index (χ2v) is 9.33. The number of carbonyl (C=O) groups excluding carboxylic acids is 1. The number of aromatic nitrogens is 2. The van der Waals surface area contributed by atoms with Crippen molar-refractivity contribution >= 4 is 5.91 Å². The number of aryl methyl sites for hydroxylation is 1. The lowest BCUT2D eigenvalue weighted by atomic mass is 9.74. The maximum atomic E-state index is 12.9. The molecule has 1 amide bonds. The molecule has 7 nitrogen and oxygen atoms in total. The predicted molar refractivity (Wildman–Crippen MR) is 122 cm³/mol. The largest absolute Gasteiger partial charge is 0.393 e. The number of nitrogens with one attached hydrogen (secondary N) is 1. The molecular formula is C25H34N4O3. The van der Waals surface area contributed by atoms with Crippen LogP contribution in [0.5, 0.6) is 0 Å². The third-order valence-corrected chi connectivity index (χ3v) is 7.38. The van der Waals surface area contributed by atoms with E-state index < -0.39 is 6.10 Å². The minimum atomic E-state index is -0.406. The van der Waals surface area contributed by atoms with Crippen molar-refractivity contribution in [3.63, 3.8) is 0 Å². The second kappa shape index (κ2) is 10.1. The van der Waals surface area contributed by atoms with E-state index in [-0.39, 0.29) is 23.5 Å². The van der Waals surface area contributed by atoms with Gasteiger partial charge in [0.05, 0.1) is 23.5 Å². The minimum absolute atomic E-state index is 0.0913. The molecule has 0 bridgehead atoms. The van der Waals surface area contributed by atoms with Crippen LogP contribution in [0.2, 0.25) is 0 Å². The predicted octanol–water partition coefficient (Wildman–Crippen LogP) is 2.21. The molecule has 4 rings (SSSR count). The van der Waals surface area contributed by atoms with Gasteiger partial charge in [-0.15, -0.1) is 0 Å². The molecule has 7 heteroatoms. The summed E-state index contributed by atoms with van der Waals surface area (Å²) in [6.07, 6.45) is 7.13. The summed E-state index contributed by atoms with van der Waals surface area (Å²) >= 11 is 0. The zero-order valence-corrected chi connectivity index (χ0v) is 18.8. The Kier molecular flexibility index (Phi) is 7.18. The summed E-state index contributed by atoms with van der Waals surface area (Å²) in [6.45, 7) is 3.96. The molecule has 1 aromatic heterocycles. The van der Waals surface area contributed by atoms with E-state index in [0.717, 1.165) is 45.2 Å². The van der Waals surface area contributed by atoms with Gasteiger partial charge in [-0.1, -0.05) is 30.3 Å². The lowest BCUT2D eigenvalue weighted by Crippen LogP contribution is -2.48. The summed E-state index contributed by atoms with van der Waals surface area (Å²) in [6, 6.07) is 10.4. The van der Waals surface area contributed by atoms with E-state index in [1.165, 1.54) is 11.9 Å². The number of amides is 1. The van der Waals surface area contributed by atoms with Crippen molar-refractivity contribution in [1.29, 1.82) is 0 Å². The molecule has 0 spiro atoms. The van der Waals surface area contributed by atoms with Crippen LogP contribution in [0.3, 0.4) is 0 Å². The van der Waals surface area contributed by atoms with E-state index in [2.05, 4.69) is 32.3 Å². The number of aliphatic hydroxyl groups is 2. The molecule has 1 aliphatic carbocycles. The quantitative estimate of drug-likeness (QED) is 0.619. The van der Waals surface area contributed by atoms with Gasteiger partial charge in [-0.3, -0.25) is 9.69 Å². The van der Waals surface area contributed by atoms with Gasteiger partial charge in [-0.05, 0) is 51.0 Å². The average Bonchev–Trinajstić information content (AvgIpc) is 2.99. The molecule has 1 saturated heterocycles. The molecule has 2 heterocycles. The number of rotatable bonds is 5. The number of aliphatic hydroxyl groups excluding tert-OH is 2. The molecule has 2 aromatic rings. The molecule has 2 fully saturated rings. The first-order valence-electron chi connectivity index (χ1n) is 11.7. The minimum Gasteiger partial charge on any atom is -0.393 e. The fourth-order valence-corrected chi connectivity index (χ4v) is 5.32. The smallest absolute Gasteiger partial charge is 0.254 e. The highest BCUT2D eigenvalue weighted by Gasteiger charge is 2.40. The maximum absolute atomic E-state index is 12.9. The third kappa shape index (κ3) is 5.00. The standard InChI is InChI=1S/C25H34N4O3/c1-18-21(15-26-17-28-18)24(32)27-16-25(19-5-3-2-4-6-19)11-7-22(23(31)8-12-25)29-13-9-20(30)10-14-29/h2-6,15,17,20,22-23,30-31H,7-14,16H2,1H3,(H,27,32)/t22-,23-,25-/m0/s1. The van der Waals surface area contributed by atoms with E-state index in [1.54, 1.807) is 6.20 Å². The molecular weight excluding hydrogens is 404 g/mol. The van der Waals surface area contributed by atoms with Gasteiger partial charge in [0.2, 0.25) is 0 Å². The van der Waals surface area contributed by atoms with Crippen molar-refractivity contribution in [2.75, 3.05) is 19.6 Å². The van der Waals surface area contributed by atoms with Crippen LogP contribution in [0.25, 0.3) is 0 Å². The Morgan fingerprint density at radius 1 is 1.12 bits per heavy atom. The van der Waals surface area contributed by atoms with E-state index in [4.69, 9.17) is 0 Å². The first-order valence-corrected chi connectivity index (χ1v) is 11.7. The van der Waals surface area contributed by atoms with Gasteiger partial charge in [0.25, 0.3) is 5.91 Å². The SMILES string of the molecule is Cc1ncncc1C(=O)NC[C@@]1(c2ccccc2)CC[C@H](O)[C@@H](N2CCC(O)CC2)CC1. The van der Waals surface area contributed by atoms with Gasteiger partial charge >= 0.3 is 0 Å². The lowest BCUT2D eigenvalue weighted by Gasteiger charge is -2.38. The monoisotopic (exact) mass is 438 g/mol. The highest BCUT2D eigenvalue weighted by Crippen LogP contribution is 2.39. The van der Waals surface area contributed by atoms with Crippen LogP contribution in [0.15, 0.2) is 42.9 Å². The van der Waals surface area contributed by atoms with Crippen LogP contribution in [0.4, 0.5) is 0 Å². The van der Waals surface area contributed by atoms with Gasteiger partial charge in [0.15, 0.2) is 0 Å². The van der Waals surface area contributed by atoms with Crippen LogP contribution in [-0.2, 0) is 5.41 Å². The number of likely N-dealkylation sites (tertiary alicyclic amines) is 1. The fraction of sp³-hybridized carbons (Fsp3) is 0.560. The summed E-state index contributed by atoms with van der Waals surface area (Å²) in [4.78, 5) is 23.4. The highest BCUT2D eigenvalue weighted by atomic mass is 16.3. The zero-order valence-electron chi connectivity index (χ0n) is 18.8. The van der Waals surface area contributed by atoms with Gasteiger partial charge in [-0.25, -0.2) is 9.97 Å². The Balaban J connectivity index is 1.53. The Morgan fingerprint density at radius 2 is 1.84 bits per heavy atom. The van der Waals surface area contributed by atoms with Crippen LogP contribution in [0, 0.1) is 6.92 Å². The van der Waals surface area contributed by atoms with E-state index in [0.29, 0.717) is 24.2 Å². The van der Waals surface area contributed by atoms with Crippen LogP contribution >= 0.6 is 0 Å². The lowest BCUT2D eigenvalue weighted by molar-refractivity contribution is 0.00482. The summed E-state index contributed by atoms with van der Waals surface area (Å²) in [5.41, 5.74) is 2.11. The maximum Gasteiger partial charge on any atom is 0.254 e. The van der Waals surface area contributed by atoms with E-state index >= 15 is 0 Å². The molecule has 1 aromatic carbocycles. The molecule has 32 heavy (non-hydrogen) atoms. The average molecular weight is 439 g/mol. The summed E-state index contributed by atoms with van der Waals surface area (Å²) in [5, 5.41) is 24.1. The molecule has 0 unspecified atom stereocenters. The Hall–Kier alpha value is -2.35. The van der Waals surface area contributed by atoms with Gasteiger partial charge in [-0.2, -0.15) is 0 Å². The van der Waals surface area contributed by atoms with Crippen molar-refractivity contribution in [2.24, 2.45) is 0 Å². The molecule has 172 valence electrons. The Bertz CT molecular complexity index is 901. The van der Waals surface area contributed by atoms with Gasteiger partial charge in [0, 0.05) is 37.3 Å². The summed E-state index contributed by atoms with van der Waals surface area (Å²) < 4.78 is 0. The first kappa shape index (κ1) is 22.8. The number of carbonyl (C=O) groups is 1.